The van der Waals surface area contributed by atoms with E-state index in [0.29, 0.717) is 24.3 Å². The van der Waals surface area contributed by atoms with Gasteiger partial charge in [-0.2, -0.15) is 0 Å². The van der Waals surface area contributed by atoms with Gasteiger partial charge >= 0.3 is 5.69 Å². The average Bonchev–Trinajstić information content (AvgIpc) is 2.85. The van der Waals surface area contributed by atoms with Gasteiger partial charge in [-0.25, -0.2) is 9.97 Å². The highest BCUT2D eigenvalue weighted by Crippen LogP contribution is 2.35. The Balaban J connectivity index is 1.72. The fourth-order valence-corrected chi connectivity index (χ4v) is 3.60. The molecule has 0 radical (unpaired) electrons. The van der Waals surface area contributed by atoms with E-state index < -0.39 is 4.92 Å². The minimum absolute atomic E-state index is 0.0562. The summed E-state index contributed by atoms with van der Waals surface area (Å²) in [5.41, 5.74) is 2.92. The van der Waals surface area contributed by atoms with Gasteiger partial charge < -0.3 is 10.2 Å². The third-order valence-electron chi connectivity index (χ3n) is 5.27. The van der Waals surface area contributed by atoms with E-state index in [-0.39, 0.29) is 23.1 Å². The van der Waals surface area contributed by atoms with E-state index in [1.165, 1.54) is 13.3 Å². The van der Waals surface area contributed by atoms with Gasteiger partial charge in [0.15, 0.2) is 5.78 Å². The molecule has 8 heteroatoms. The van der Waals surface area contributed by atoms with Gasteiger partial charge in [-0.05, 0) is 42.3 Å². The molecule has 1 aromatic heterocycles. The first-order valence-corrected chi connectivity index (χ1v) is 10.7. The summed E-state index contributed by atoms with van der Waals surface area (Å²) in [5.74, 6) is 0.242. The Labute approximate surface area is 197 Å². The van der Waals surface area contributed by atoms with Crippen LogP contribution in [0.15, 0.2) is 91.3 Å². The Morgan fingerprint density at radius 2 is 1.44 bits per heavy atom. The molecule has 0 unspecified atom stereocenters. The predicted molar refractivity (Wildman–Crippen MR) is 131 cm³/mol. The van der Waals surface area contributed by atoms with Gasteiger partial charge in [0.2, 0.25) is 11.6 Å². The molecule has 170 valence electrons. The van der Waals surface area contributed by atoms with Gasteiger partial charge in [-0.3, -0.25) is 14.9 Å². The lowest BCUT2D eigenvalue weighted by Gasteiger charge is -2.24. The molecule has 0 aliphatic rings. The molecule has 0 spiro atoms. The number of carbonyl (C=O) groups excluding carboxylic acids is 1. The van der Waals surface area contributed by atoms with E-state index in [9.17, 15) is 14.9 Å². The van der Waals surface area contributed by atoms with Gasteiger partial charge in [0.1, 0.15) is 6.33 Å². The summed E-state index contributed by atoms with van der Waals surface area (Å²) >= 11 is 0. The quantitative estimate of drug-likeness (QED) is 0.202. The molecular weight excluding hydrogens is 430 g/mol. The smallest absolute Gasteiger partial charge is 0.342 e. The second kappa shape index (κ2) is 10.4. The average molecular weight is 454 g/mol. The lowest BCUT2D eigenvalue weighted by Crippen LogP contribution is -2.24. The molecule has 8 nitrogen and oxygen atoms in total. The highest BCUT2D eigenvalue weighted by Gasteiger charge is 2.27. The molecule has 0 fully saturated rings. The van der Waals surface area contributed by atoms with Gasteiger partial charge in [0.05, 0.1) is 4.92 Å². The summed E-state index contributed by atoms with van der Waals surface area (Å²) in [6, 6.07) is 26.2. The Bertz CT molecular complexity index is 1240. The maximum Gasteiger partial charge on any atom is 0.353 e. The van der Waals surface area contributed by atoms with Crippen molar-refractivity contribution in [2.45, 2.75) is 20.0 Å². The van der Waals surface area contributed by atoms with Gasteiger partial charge in [-0.1, -0.05) is 60.7 Å². The number of nitrogens with one attached hydrogen (secondary N) is 1. The molecule has 34 heavy (non-hydrogen) atoms. The Kier molecular flexibility index (Phi) is 6.88. The number of anilines is 3. The van der Waals surface area contributed by atoms with Crippen LogP contribution in [0.25, 0.3) is 0 Å². The monoisotopic (exact) mass is 453 g/mol. The lowest BCUT2D eigenvalue weighted by atomic mass is 10.1. The van der Waals surface area contributed by atoms with Crippen molar-refractivity contribution < 1.29 is 9.72 Å². The first-order valence-electron chi connectivity index (χ1n) is 10.7. The molecule has 0 saturated heterocycles. The van der Waals surface area contributed by atoms with E-state index in [0.717, 1.165) is 11.1 Å². The maximum atomic E-state index is 12.2. The van der Waals surface area contributed by atoms with Crippen molar-refractivity contribution in [2.24, 2.45) is 0 Å². The zero-order valence-corrected chi connectivity index (χ0v) is 18.6. The highest BCUT2D eigenvalue weighted by molar-refractivity contribution is 5.94. The van der Waals surface area contributed by atoms with Crippen LogP contribution in [0.3, 0.4) is 0 Å². The zero-order chi connectivity index (χ0) is 23.9. The Morgan fingerprint density at radius 3 is 1.94 bits per heavy atom. The number of benzene rings is 3. The number of carbonyl (C=O) groups is 1. The fourth-order valence-electron chi connectivity index (χ4n) is 3.60. The molecular formula is C26H23N5O3. The van der Waals surface area contributed by atoms with Crippen LogP contribution in [0.4, 0.5) is 23.0 Å². The molecule has 3 aromatic carbocycles. The summed E-state index contributed by atoms with van der Waals surface area (Å²) < 4.78 is 0. The molecule has 4 aromatic rings. The molecule has 4 rings (SSSR count). The van der Waals surface area contributed by atoms with E-state index in [1.807, 2.05) is 65.6 Å². The second-order valence-corrected chi connectivity index (χ2v) is 7.74. The molecule has 0 aliphatic heterocycles. The van der Waals surface area contributed by atoms with Crippen molar-refractivity contribution in [3.63, 3.8) is 0 Å². The summed E-state index contributed by atoms with van der Waals surface area (Å²) in [7, 11) is 0. The molecule has 0 amide bonds. The standard InChI is InChI=1S/C26H23N5O3/c1-19(32)22-12-14-23(15-13-22)29-25-24(31(33)34)26(28-18-27-25)30(16-20-8-4-2-5-9-20)17-21-10-6-3-7-11-21/h2-15,18H,16-17H2,1H3,(H,27,28,29). The lowest BCUT2D eigenvalue weighted by molar-refractivity contribution is -0.383. The predicted octanol–water partition coefficient (Wildman–Crippen LogP) is 5.54. The highest BCUT2D eigenvalue weighted by atomic mass is 16.6. The number of Topliss-reactive ketones (excluding diaryl/α,β-unsaturated/α-hetero) is 1. The minimum Gasteiger partial charge on any atom is -0.342 e. The van der Waals surface area contributed by atoms with Crippen molar-refractivity contribution in [3.05, 3.63) is 118 Å². The van der Waals surface area contributed by atoms with Crippen LogP contribution in [0.2, 0.25) is 0 Å². The van der Waals surface area contributed by atoms with E-state index in [4.69, 9.17) is 0 Å². The van der Waals surface area contributed by atoms with Crippen molar-refractivity contribution in [3.8, 4) is 0 Å². The first-order chi connectivity index (χ1) is 16.5. The summed E-state index contributed by atoms with van der Waals surface area (Å²) in [6.07, 6.45) is 1.32. The fraction of sp³-hybridized carbons (Fsp3) is 0.115. The van der Waals surface area contributed by atoms with Crippen molar-refractivity contribution >= 4 is 28.8 Å². The van der Waals surface area contributed by atoms with Crippen LogP contribution >= 0.6 is 0 Å². The number of rotatable bonds is 9. The third kappa shape index (κ3) is 5.42. The summed E-state index contributed by atoms with van der Waals surface area (Å²) in [6.45, 7) is 2.35. The van der Waals surface area contributed by atoms with Crippen molar-refractivity contribution in [1.29, 1.82) is 0 Å². The number of hydrogen-bond donors (Lipinski definition) is 1. The molecule has 0 aliphatic carbocycles. The third-order valence-corrected chi connectivity index (χ3v) is 5.27. The second-order valence-electron chi connectivity index (χ2n) is 7.74. The topological polar surface area (TPSA) is 101 Å². The summed E-state index contributed by atoms with van der Waals surface area (Å²) in [5, 5.41) is 15.2. The molecule has 1 heterocycles. The van der Waals surface area contributed by atoms with Crippen LogP contribution in [-0.2, 0) is 13.1 Å². The van der Waals surface area contributed by atoms with Gasteiger partial charge in [-0.15, -0.1) is 0 Å². The number of hydrogen-bond acceptors (Lipinski definition) is 7. The number of nitrogens with zero attached hydrogens (tertiary/aromatic N) is 4. The van der Waals surface area contributed by atoms with E-state index >= 15 is 0 Å². The molecule has 0 atom stereocenters. The summed E-state index contributed by atoms with van der Waals surface area (Å²) in [4.78, 5) is 33.6. The number of ketones is 1. The van der Waals surface area contributed by atoms with Crippen LogP contribution in [-0.4, -0.2) is 20.7 Å². The van der Waals surface area contributed by atoms with Crippen molar-refractivity contribution in [1.82, 2.24) is 9.97 Å². The SMILES string of the molecule is CC(=O)c1ccc(Nc2ncnc(N(Cc3ccccc3)Cc3ccccc3)c2[N+](=O)[O-])cc1. The zero-order valence-electron chi connectivity index (χ0n) is 18.6. The normalized spacial score (nSPS) is 10.5. The van der Waals surface area contributed by atoms with Gasteiger partial charge in [0.25, 0.3) is 0 Å². The molecule has 0 saturated carbocycles. The Hall–Kier alpha value is -4.59. The number of nitro groups is 1. The van der Waals surface area contributed by atoms with E-state index in [2.05, 4.69) is 15.3 Å². The molecule has 0 bridgehead atoms. The minimum atomic E-state index is -0.468. The van der Waals surface area contributed by atoms with Crippen LogP contribution in [0, 0.1) is 10.1 Å². The molecule has 1 N–H and O–H groups in total. The van der Waals surface area contributed by atoms with Crippen LogP contribution in [0.5, 0.6) is 0 Å². The van der Waals surface area contributed by atoms with Crippen LogP contribution in [0.1, 0.15) is 28.4 Å². The maximum absolute atomic E-state index is 12.2. The van der Waals surface area contributed by atoms with Gasteiger partial charge in [0, 0.05) is 24.3 Å². The van der Waals surface area contributed by atoms with Crippen LogP contribution < -0.4 is 10.2 Å². The first kappa shape index (κ1) is 22.6. The van der Waals surface area contributed by atoms with Crippen molar-refractivity contribution in [2.75, 3.05) is 10.2 Å². The van der Waals surface area contributed by atoms with E-state index in [1.54, 1.807) is 24.3 Å². The number of aromatic nitrogens is 2. The Morgan fingerprint density at radius 1 is 0.882 bits per heavy atom. The largest absolute Gasteiger partial charge is 0.353 e.